The molecule has 2 rings (SSSR count). The topological polar surface area (TPSA) is 108 Å². The molecule has 0 radical (unpaired) electrons. The molecular formula is C19H18ClN3O5S. The van der Waals surface area contributed by atoms with Crippen LogP contribution in [0.2, 0.25) is 5.02 Å². The average Bonchev–Trinajstić information content (AvgIpc) is 2.70. The van der Waals surface area contributed by atoms with E-state index in [9.17, 15) is 18.0 Å². The fraction of sp³-hybridized carbons (Fsp3) is 0.211. The van der Waals surface area contributed by atoms with Gasteiger partial charge in [0.1, 0.15) is 6.54 Å². The average molecular weight is 436 g/mol. The van der Waals surface area contributed by atoms with Crippen molar-refractivity contribution in [3.05, 3.63) is 59.1 Å². The van der Waals surface area contributed by atoms with Gasteiger partial charge in [-0.05, 0) is 30.3 Å². The number of halogens is 1. The molecule has 0 atom stereocenters. The van der Waals surface area contributed by atoms with E-state index in [0.29, 0.717) is 5.69 Å². The number of carbonyl (C=O) groups is 2. The van der Waals surface area contributed by atoms with Gasteiger partial charge in [0.05, 0.1) is 21.6 Å². The van der Waals surface area contributed by atoms with Crippen LogP contribution in [0.15, 0.2) is 53.4 Å². The first-order chi connectivity index (χ1) is 13.7. The highest BCUT2D eigenvalue weighted by Crippen LogP contribution is 2.23. The van der Waals surface area contributed by atoms with Gasteiger partial charge in [0, 0.05) is 19.8 Å². The summed E-state index contributed by atoms with van der Waals surface area (Å²) in [5.41, 5.74) is 0.293. The molecule has 2 aromatic rings. The van der Waals surface area contributed by atoms with E-state index in [2.05, 4.69) is 0 Å². The highest BCUT2D eigenvalue weighted by atomic mass is 35.5. The van der Waals surface area contributed by atoms with E-state index in [1.165, 1.54) is 31.1 Å². The summed E-state index contributed by atoms with van der Waals surface area (Å²) in [6.07, 6.45) is 0. The number of hydrogen-bond donors (Lipinski definition) is 0. The molecule has 0 aliphatic rings. The molecule has 0 heterocycles. The molecule has 0 aliphatic heterocycles. The summed E-state index contributed by atoms with van der Waals surface area (Å²) >= 11 is 6.00. The Hall–Kier alpha value is -2.93. The second-order valence-electron chi connectivity index (χ2n) is 5.98. The molecular weight excluding hydrogens is 418 g/mol. The van der Waals surface area contributed by atoms with Crippen molar-refractivity contribution in [1.29, 1.82) is 5.26 Å². The van der Waals surface area contributed by atoms with Gasteiger partial charge in [0.2, 0.25) is 10.0 Å². The molecule has 0 bridgehead atoms. The third-order valence-corrected chi connectivity index (χ3v) is 6.00. The zero-order chi connectivity index (χ0) is 21.6. The number of carbonyl (C=O) groups excluding carboxylic acids is 2. The molecule has 10 heteroatoms. The summed E-state index contributed by atoms with van der Waals surface area (Å²) in [4.78, 5) is 25.8. The third-order valence-electron chi connectivity index (χ3n) is 3.86. The number of rotatable bonds is 7. The molecule has 8 nitrogen and oxygen atoms in total. The largest absolute Gasteiger partial charge is 0.452 e. The van der Waals surface area contributed by atoms with E-state index in [1.807, 2.05) is 6.07 Å². The molecule has 1 amide bonds. The van der Waals surface area contributed by atoms with Crippen LogP contribution in [0.5, 0.6) is 0 Å². The first-order valence-electron chi connectivity index (χ1n) is 8.30. The van der Waals surface area contributed by atoms with Crippen LogP contribution in [0.25, 0.3) is 0 Å². The number of anilines is 1. The van der Waals surface area contributed by atoms with E-state index < -0.39 is 28.5 Å². The minimum Gasteiger partial charge on any atom is -0.452 e. The van der Waals surface area contributed by atoms with Crippen molar-refractivity contribution >= 4 is 39.2 Å². The monoisotopic (exact) mass is 435 g/mol. The number of hydrogen-bond acceptors (Lipinski definition) is 6. The highest BCUT2D eigenvalue weighted by Gasteiger charge is 2.23. The number of benzene rings is 2. The quantitative estimate of drug-likeness (QED) is 0.487. The van der Waals surface area contributed by atoms with Crippen molar-refractivity contribution in [2.45, 2.75) is 4.90 Å². The number of nitrogens with zero attached hydrogens (tertiary/aromatic N) is 3. The van der Waals surface area contributed by atoms with Crippen molar-refractivity contribution in [2.24, 2.45) is 0 Å². The molecule has 152 valence electrons. The Labute approximate surface area is 173 Å². The van der Waals surface area contributed by atoms with Crippen LogP contribution in [0, 0.1) is 11.3 Å². The lowest BCUT2D eigenvalue weighted by Gasteiger charge is -2.19. The summed E-state index contributed by atoms with van der Waals surface area (Å²) in [6, 6.07) is 14.0. The van der Waals surface area contributed by atoms with Crippen LogP contribution in [0.4, 0.5) is 5.69 Å². The third kappa shape index (κ3) is 5.32. The van der Waals surface area contributed by atoms with Gasteiger partial charge in [0.15, 0.2) is 6.61 Å². The number of esters is 1. The van der Waals surface area contributed by atoms with E-state index in [1.54, 1.807) is 30.3 Å². The van der Waals surface area contributed by atoms with Gasteiger partial charge in [-0.1, -0.05) is 29.8 Å². The summed E-state index contributed by atoms with van der Waals surface area (Å²) in [5, 5.41) is 8.94. The molecule has 2 aromatic carbocycles. The lowest BCUT2D eigenvalue weighted by atomic mass is 10.2. The molecule has 29 heavy (non-hydrogen) atoms. The Morgan fingerprint density at radius 2 is 1.79 bits per heavy atom. The summed E-state index contributed by atoms with van der Waals surface area (Å²) in [6.45, 7) is -0.867. The predicted octanol–water partition coefficient (Wildman–Crippen LogP) is 2.30. The Kier molecular flexibility index (Phi) is 7.34. The van der Waals surface area contributed by atoms with Gasteiger partial charge in [-0.3, -0.25) is 9.69 Å². The second-order valence-corrected chi connectivity index (χ2v) is 8.54. The Balaban J connectivity index is 2.18. The minimum absolute atomic E-state index is 0.0166. The first-order valence-corrected chi connectivity index (χ1v) is 10.1. The van der Waals surface area contributed by atoms with Crippen molar-refractivity contribution in [2.75, 3.05) is 32.1 Å². The van der Waals surface area contributed by atoms with Crippen LogP contribution in [-0.2, 0) is 19.6 Å². The Morgan fingerprint density at radius 3 is 2.38 bits per heavy atom. The van der Waals surface area contributed by atoms with Crippen molar-refractivity contribution < 1.29 is 22.7 Å². The van der Waals surface area contributed by atoms with Gasteiger partial charge in [-0.2, -0.15) is 5.26 Å². The van der Waals surface area contributed by atoms with E-state index in [4.69, 9.17) is 21.6 Å². The van der Waals surface area contributed by atoms with Crippen LogP contribution < -0.4 is 4.90 Å². The zero-order valence-corrected chi connectivity index (χ0v) is 17.3. The van der Waals surface area contributed by atoms with Crippen LogP contribution in [0.3, 0.4) is 0 Å². The molecule has 0 saturated carbocycles. The van der Waals surface area contributed by atoms with E-state index in [0.717, 1.165) is 10.4 Å². The molecule has 0 spiro atoms. The van der Waals surface area contributed by atoms with Gasteiger partial charge in [-0.25, -0.2) is 17.5 Å². The molecule has 0 aromatic heterocycles. The van der Waals surface area contributed by atoms with Gasteiger partial charge in [0.25, 0.3) is 5.91 Å². The molecule has 0 unspecified atom stereocenters. The van der Waals surface area contributed by atoms with Crippen molar-refractivity contribution in [1.82, 2.24) is 4.31 Å². The smallest absolute Gasteiger partial charge is 0.340 e. The van der Waals surface area contributed by atoms with Crippen LogP contribution in [-0.4, -0.2) is 51.8 Å². The number of sulfonamides is 1. The highest BCUT2D eigenvalue weighted by molar-refractivity contribution is 7.89. The Bertz CT molecular complexity index is 1050. The standard InChI is InChI=1S/C19H18ClN3O5S/c1-22(2)29(26,27)15-8-9-17(20)16(12-15)19(25)28-13-18(24)23(11-10-21)14-6-4-3-5-7-14/h3-9,12H,11,13H2,1-2H3. The van der Waals surface area contributed by atoms with Crippen molar-refractivity contribution in [3.63, 3.8) is 0 Å². The van der Waals surface area contributed by atoms with E-state index >= 15 is 0 Å². The second kappa shape index (κ2) is 9.52. The molecule has 0 aliphatic carbocycles. The summed E-state index contributed by atoms with van der Waals surface area (Å²) in [7, 11) is -1.07. The fourth-order valence-electron chi connectivity index (χ4n) is 2.32. The maximum Gasteiger partial charge on any atom is 0.340 e. The number of ether oxygens (including phenoxy) is 1. The Morgan fingerprint density at radius 1 is 1.14 bits per heavy atom. The van der Waals surface area contributed by atoms with Crippen LogP contribution in [0.1, 0.15) is 10.4 Å². The van der Waals surface area contributed by atoms with Crippen molar-refractivity contribution in [3.8, 4) is 6.07 Å². The SMILES string of the molecule is CN(C)S(=O)(=O)c1ccc(Cl)c(C(=O)OCC(=O)N(CC#N)c2ccccc2)c1. The predicted molar refractivity (Wildman–Crippen MR) is 107 cm³/mol. The van der Waals surface area contributed by atoms with Crippen LogP contribution >= 0.6 is 11.6 Å². The minimum atomic E-state index is -3.78. The zero-order valence-electron chi connectivity index (χ0n) is 15.7. The lowest BCUT2D eigenvalue weighted by Crippen LogP contribution is -2.35. The normalized spacial score (nSPS) is 11.0. The summed E-state index contributed by atoms with van der Waals surface area (Å²) < 4.78 is 30.5. The van der Waals surface area contributed by atoms with Gasteiger partial charge >= 0.3 is 5.97 Å². The molecule has 0 N–H and O–H groups in total. The maximum absolute atomic E-state index is 12.4. The maximum atomic E-state index is 12.4. The number of amides is 1. The fourth-order valence-corrected chi connectivity index (χ4v) is 3.44. The number of para-hydroxylation sites is 1. The number of nitriles is 1. The summed E-state index contributed by atoms with van der Waals surface area (Å²) in [5.74, 6) is -1.57. The molecule has 0 fully saturated rings. The first kappa shape index (κ1) is 22.4. The molecule has 0 saturated heterocycles. The van der Waals surface area contributed by atoms with Gasteiger partial charge < -0.3 is 4.74 Å². The van der Waals surface area contributed by atoms with Gasteiger partial charge in [-0.15, -0.1) is 0 Å². The van der Waals surface area contributed by atoms with E-state index in [-0.39, 0.29) is 22.0 Å². The lowest BCUT2D eigenvalue weighted by molar-refractivity contribution is -0.121.